The number of aldehydes is 1. The third-order valence-corrected chi connectivity index (χ3v) is 1.73. The number of pyridine rings is 1. The van der Waals surface area contributed by atoms with E-state index in [0.29, 0.717) is 6.29 Å². The van der Waals surface area contributed by atoms with Crippen LogP contribution in [0.15, 0.2) is 12.3 Å². The van der Waals surface area contributed by atoms with Crippen LogP contribution in [0.4, 0.5) is 0 Å². The maximum atomic E-state index is 11.3. The standard InChI is InChI=1S/C9H8ClNO3/c1-2-14-9(13)7-3-8(10)11-4-6(7)5-12/h3-5H,2H2,1H3. The van der Waals surface area contributed by atoms with Crippen molar-refractivity contribution in [3.05, 3.63) is 28.5 Å². The van der Waals surface area contributed by atoms with Crippen molar-refractivity contribution in [3.63, 3.8) is 0 Å². The van der Waals surface area contributed by atoms with Crippen LogP contribution in [-0.4, -0.2) is 23.8 Å². The Morgan fingerprint density at radius 2 is 2.43 bits per heavy atom. The zero-order chi connectivity index (χ0) is 10.6. The number of carbonyl (C=O) groups is 2. The fraction of sp³-hybridized carbons (Fsp3) is 0.222. The quantitative estimate of drug-likeness (QED) is 0.436. The van der Waals surface area contributed by atoms with Gasteiger partial charge in [-0.25, -0.2) is 9.78 Å². The number of hydrogen-bond acceptors (Lipinski definition) is 4. The zero-order valence-corrected chi connectivity index (χ0v) is 8.25. The van der Waals surface area contributed by atoms with Gasteiger partial charge in [0.1, 0.15) is 5.15 Å². The number of carbonyl (C=O) groups excluding carboxylic acids is 2. The van der Waals surface area contributed by atoms with E-state index in [9.17, 15) is 9.59 Å². The van der Waals surface area contributed by atoms with Crippen LogP contribution in [0.3, 0.4) is 0 Å². The molecule has 0 spiro atoms. The van der Waals surface area contributed by atoms with Crippen LogP contribution in [0.1, 0.15) is 27.6 Å². The Labute approximate surface area is 85.9 Å². The van der Waals surface area contributed by atoms with Crippen molar-refractivity contribution >= 4 is 23.9 Å². The second kappa shape index (κ2) is 4.72. The molecule has 1 rings (SSSR count). The Bertz CT molecular complexity index is 365. The molecule has 0 aliphatic rings. The molecule has 0 radical (unpaired) electrons. The fourth-order valence-corrected chi connectivity index (χ4v) is 1.08. The van der Waals surface area contributed by atoms with Gasteiger partial charge in [0.15, 0.2) is 6.29 Å². The molecule has 0 fully saturated rings. The highest BCUT2D eigenvalue weighted by Crippen LogP contribution is 2.12. The molecule has 0 aromatic carbocycles. The summed E-state index contributed by atoms with van der Waals surface area (Å²) in [4.78, 5) is 25.5. The van der Waals surface area contributed by atoms with E-state index in [1.165, 1.54) is 12.3 Å². The van der Waals surface area contributed by atoms with Gasteiger partial charge < -0.3 is 4.74 Å². The lowest BCUT2D eigenvalue weighted by Gasteiger charge is -2.03. The first-order chi connectivity index (χ1) is 6.69. The predicted octanol–water partition coefficient (Wildman–Crippen LogP) is 1.72. The molecule has 0 atom stereocenters. The van der Waals surface area contributed by atoms with E-state index in [0.717, 1.165) is 0 Å². The van der Waals surface area contributed by atoms with Gasteiger partial charge in [-0.15, -0.1) is 0 Å². The highest BCUT2D eigenvalue weighted by atomic mass is 35.5. The molecule has 0 aliphatic heterocycles. The number of nitrogens with zero attached hydrogens (tertiary/aromatic N) is 1. The Kier molecular flexibility index (Phi) is 3.59. The van der Waals surface area contributed by atoms with E-state index in [2.05, 4.69) is 4.98 Å². The van der Waals surface area contributed by atoms with Crippen molar-refractivity contribution in [1.29, 1.82) is 0 Å². The van der Waals surface area contributed by atoms with Crippen LogP contribution in [0.2, 0.25) is 5.15 Å². The molecule has 0 unspecified atom stereocenters. The second-order valence-corrected chi connectivity index (χ2v) is 2.82. The lowest BCUT2D eigenvalue weighted by molar-refractivity contribution is 0.0524. The normalized spacial score (nSPS) is 9.57. The molecule has 0 N–H and O–H groups in total. The van der Waals surface area contributed by atoms with Crippen LogP contribution in [0.5, 0.6) is 0 Å². The molecule has 74 valence electrons. The van der Waals surface area contributed by atoms with E-state index < -0.39 is 5.97 Å². The van der Waals surface area contributed by atoms with Crippen molar-refractivity contribution in [3.8, 4) is 0 Å². The van der Waals surface area contributed by atoms with E-state index in [4.69, 9.17) is 16.3 Å². The molecule has 5 heteroatoms. The summed E-state index contributed by atoms with van der Waals surface area (Å²) in [6.07, 6.45) is 1.77. The zero-order valence-electron chi connectivity index (χ0n) is 7.49. The van der Waals surface area contributed by atoms with Crippen LogP contribution in [0, 0.1) is 0 Å². The number of halogens is 1. The Balaban J connectivity index is 3.10. The molecule has 1 aromatic heterocycles. The highest BCUT2D eigenvalue weighted by Gasteiger charge is 2.12. The van der Waals surface area contributed by atoms with E-state index in [1.54, 1.807) is 6.92 Å². The molecule has 1 heterocycles. The number of ether oxygens (including phenoxy) is 1. The third-order valence-electron chi connectivity index (χ3n) is 1.52. The Morgan fingerprint density at radius 1 is 1.71 bits per heavy atom. The van der Waals surface area contributed by atoms with Crippen LogP contribution in [-0.2, 0) is 4.74 Å². The summed E-state index contributed by atoms with van der Waals surface area (Å²) in [6, 6.07) is 1.31. The summed E-state index contributed by atoms with van der Waals surface area (Å²) in [6.45, 7) is 1.93. The molecule has 0 bridgehead atoms. The van der Waals surface area contributed by atoms with Crippen molar-refractivity contribution in [2.24, 2.45) is 0 Å². The largest absolute Gasteiger partial charge is 0.462 e. The first kappa shape index (κ1) is 10.7. The highest BCUT2D eigenvalue weighted by molar-refractivity contribution is 6.29. The lowest BCUT2D eigenvalue weighted by Crippen LogP contribution is -2.08. The molecule has 0 saturated carbocycles. The summed E-state index contributed by atoms with van der Waals surface area (Å²) in [7, 11) is 0. The SMILES string of the molecule is CCOC(=O)c1cc(Cl)ncc1C=O. The summed E-state index contributed by atoms with van der Waals surface area (Å²) in [5.74, 6) is -0.570. The first-order valence-electron chi connectivity index (χ1n) is 3.97. The van der Waals surface area contributed by atoms with Crippen molar-refractivity contribution in [2.75, 3.05) is 6.61 Å². The molecule has 0 saturated heterocycles. The van der Waals surface area contributed by atoms with Gasteiger partial charge in [0.25, 0.3) is 0 Å². The summed E-state index contributed by atoms with van der Waals surface area (Å²) in [5, 5.41) is 0.152. The Hall–Kier alpha value is -1.42. The number of rotatable bonds is 3. The monoisotopic (exact) mass is 213 g/mol. The van der Waals surface area contributed by atoms with Crippen molar-refractivity contribution in [2.45, 2.75) is 6.92 Å². The molecule has 1 aromatic rings. The molecule has 4 nitrogen and oxygen atoms in total. The van der Waals surface area contributed by atoms with Gasteiger partial charge in [0.05, 0.1) is 12.2 Å². The smallest absolute Gasteiger partial charge is 0.339 e. The van der Waals surface area contributed by atoms with Gasteiger partial charge in [0, 0.05) is 11.8 Å². The minimum atomic E-state index is -0.570. The summed E-state index contributed by atoms with van der Waals surface area (Å²) in [5.41, 5.74) is 0.315. The van der Waals surface area contributed by atoms with Gasteiger partial charge in [-0.1, -0.05) is 11.6 Å². The minimum absolute atomic E-state index is 0.141. The van der Waals surface area contributed by atoms with Gasteiger partial charge in [-0.2, -0.15) is 0 Å². The van der Waals surface area contributed by atoms with Crippen LogP contribution < -0.4 is 0 Å². The van der Waals surface area contributed by atoms with Gasteiger partial charge >= 0.3 is 5.97 Å². The average Bonchev–Trinajstić information content (AvgIpc) is 2.18. The maximum Gasteiger partial charge on any atom is 0.339 e. The second-order valence-electron chi connectivity index (χ2n) is 2.43. The van der Waals surface area contributed by atoms with Gasteiger partial charge in [-0.05, 0) is 13.0 Å². The minimum Gasteiger partial charge on any atom is -0.462 e. The van der Waals surface area contributed by atoms with Crippen molar-refractivity contribution in [1.82, 2.24) is 4.98 Å². The maximum absolute atomic E-state index is 11.3. The first-order valence-corrected chi connectivity index (χ1v) is 4.34. The number of aromatic nitrogens is 1. The topological polar surface area (TPSA) is 56.3 Å². The van der Waals surface area contributed by atoms with E-state index in [1.807, 2.05) is 0 Å². The van der Waals surface area contributed by atoms with E-state index in [-0.39, 0.29) is 22.9 Å². The average molecular weight is 214 g/mol. The third kappa shape index (κ3) is 2.29. The number of hydrogen-bond donors (Lipinski definition) is 0. The molecule has 0 aliphatic carbocycles. The van der Waals surface area contributed by atoms with Crippen molar-refractivity contribution < 1.29 is 14.3 Å². The van der Waals surface area contributed by atoms with E-state index >= 15 is 0 Å². The molecule has 14 heavy (non-hydrogen) atoms. The van der Waals surface area contributed by atoms with Gasteiger partial charge in [0.2, 0.25) is 0 Å². The van der Waals surface area contributed by atoms with Gasteiger partial charge in [-0.3, -0.25) is 4.79 Å². The van der Waals surface area contributed by atoms with Crippen LogP contribution in [0.25, 0.3) is 0 Å². The summed E-state index contributed by atoms with van der Waals surface area (Å²) >= 11 is 5.58. The molecular weight excluding hydrogens is 206 g/mol. The lowest BCUT2D eigenvalue weighted by atomic mass is 10.1. The molecular formula is C9H8ClNO3. The van der Waals surface area contributed by atoms with Crippen LogP contribution >= 0.6 is 11.6 Å². The molecule has 0 amide bonds. The Morgan fingerprint density at radius 3 is 3.00 bits per heavy atom. The summed E-state index contributed by atoms with van der Waals surface area (Å²) < 4.78 is 4.74. The predicted molar refractivity (Wildman–Crippen MR) is 50.6 cm³/mol. The fourth-order valence-electron chi connectivity index (χ4n) is 0.920. The number of esters is 1.